The molecule has 3 rings (SSSR count). The molecule has 2 aromatic heterocycles. The van der Waals surface area contributed by atoms with Crippen LogP contribution in [0.15, 0.2) is 48.7 Å². The molecule has 0 aliphatic carbocycles. The molecular weight excluding hydrogens is 258 g/mol. The second-order valence-corrected chi connectivity index (χ2v) is 4.87. The molecule has 0 fully saturated rings. The van der Waals surface area contributed by atoms with Gasteiger partial charge in [0.05, 0.1) is 11.2 Å². The second-order valence-electron chi connectivity index (χ2n) is 4.44. The number of benzene rings is 1. The summed E-state index contributed by atoms with van der Waals surface area (Å²) in [6.07, 6.45) is 2.79. The van der Waals surface area contributed by atoms with Gasteiger partial charge in [-0.15, -0.1) is 0 Å². The molecule has 2 heterocycles. The van der Waals surface area contributed by atoms with E-state index in [1.54, 1.807) is 0 Å². The monoisotopic (exact) mass is 271 g/mol. The van der Waals surface area contributed by atoms with Gasteiger partial charge in [0, 0.05) is 24.2 Å². The number of pyridine rings is 1. The van der Waals surface area contributed by atoms with Gasteiger partial charge in [0.15, 0.2) is 0 Å². The van der Waals surface area contributed by atoms with E-state index in [9.17, 15) is 0 Å². The van der Waals surface area contributed by atoms with Crippen LogP contribution in [-0.4, -0.2) is 9.38 Å². The fourth-order valence-electron chi connectivity index (χ4n) is 2.23. The van der Waals surface area contributed by atoms with E-state index in [1.165, 1.54) is 5.56 Å². The highest BCUT2D eigenvalue weighted by Gasteiger charge is 2.09. The van der Waals surface area contributed by atoms with Crippen LogP contribution in [0.4, 0.5) is 0 Å². The fourth-order valence-corrected chi connectivity index (χ4v) is 2.36. The molecule has 1 aromatic carbocycles. The van der Waals surface area contributed by atoms with E-state index in [2.05, 4.69) is 9.38 Å². The molecule has 0 amide bonds. The highest BCUT2D eigenvalue weighted by molar-refractivity contribution is 6.30. The van der Waals surface area contributed by atoms with Gasteiger partial charge in [-0.1, -0.05) is 29.8 Å². The Hall–Kier alpha value is -1.84. The van der Waals surface area contributed by atoms with Crippen LogP contribution in [0.5, 0.6) is 0 Å². The summed E-state index contributed by atoms with van der Waals surface area (Å²) < 4.78 is 2.09. The summed E-state index contributed by atoms with van der Waals surface area (Å²) in [7, 11) is 0. The van der Waals surface area contributed by atoms with Crippen LogP contribution in [0.3, 0.4) is 0 Å². The van der Waals surface area contributed by atoms with E-state index >= 15 is 0 Å². The zero-order valence-corrected chi connectivity index (χ0v) is 11.1. The number of imidazole rings is 1. The van der Waals surface area contributed by atoms with Crippen molar-refractivity contribution < 1.29 is 0 Å². The zero-order valence-electron chi connectivity index (χ0n) is 10.4. The molecule has 0 aliphatic heterocycles. The Labute approximate surface area is 116 Å². The van der Waals surface area contributed by atoms with Crippen molar-refractivity contribution in [1.29, 1.82) is 0 Å². The minimum atomic E-state index is 0.453. The molecule has 0 atom stereocenters. The van der Waals surface area contributed by atoms with Crippen molar-refractivity contribution in [3.05, 3.63) is 70.8 Å². The number of hydrogen-bond acceptors (Lipinski definition) is 2. The molecule has 4 heteroatoms. The summed E-state index contributed by atoms with van der Waals surface area (Å²) in [4.78, 5) is 4.63. The largest absolute Gasteiger partial charge is 0.325 e. The molecule has 0 unspecified atom stereocenters. The first-order valence-corrected chi connectivity index (χ1v) is 6.55. The summed E-state index contributed by atoms with van der Waals surface area (Å²) in [6, 6.07) is 13.9. The standard InChI is InChI=1S/C15H14ClN3/c16-12-6-4-11(5-7-12)9-15-18-13(10-17)14-3-1-2-8-19(14)15/h1-8H,9-10,17H2. The van der Waals surface area contributed by atoms with Crippen LogP contribution in [0.25, 0.3) is 5.52 Å². The van der Waals surface area contributed by atoms with E-state index in [1.807, 2.05) is 48.7 Å². The summed E-state index contributed by atoms with van der Waals surface area (Å²) >= 11 is 5.90. The third-order valence-electron chi connectivity index (χ3n) is 3.17. The fraction of sp³-hybridized carbons (Fsp3) is 0.133. The first kappa shape index (κ1) is 12.2. The molecule has 19 heavy (non-hydrogen) atoms. The third kappa shape index (κ3) is 2.35. The Morgan fingerprint density at radius 1 is 1.11 bits per heavy atom. The van der Waals surface area contributed by atoms with Crippen molar-refractivity contribution in [1.82, 2.24) is 9.38 Å². The quantitative estimate of drug-likeness (QED) is 0.796. The number of hydrogen-bond donors (Lipinski definition) is 1. The Morgan fingerprint density at radius 2 is 1.89 bits per heavy atom. The predicted octanol–water partition coefficient (Wildman–Crippen LogP) is 3.04. The first-order valence-electron chi connectivity index (χ1n) is 6.17. The minimum Gasteiger partial charge on any atom is -0.325 e. The van der Waals surface area contributed by atoms with Gasteiger partial charge in [0.1, 0.15) is 5.82 Å². The number of rotatable bonds is 3. The Morgan fingerprint density at radius 3 is 2.63 bits per heavy atom. The van der Waals surface area contributed by atoms with Crippen LogP contribution < -0.4 is 5.73 Å². The highest BCUT2D eigenvalue weighted by atomic mass is 35.5. The average Bonchev–Trinajstić information content (AvgIpc) is 2.80. The van der Waals surface area contributed by atoms with E-state index < -0.39 is 0 Å². The van der Waals surface area contributed by atoms with E-state index in [0.717, 1.165) is 28.5 Å². The third-order valence-corrected chi connectivity index (χ3v) is 3.42. The predicted molar refractivity (Wildman–Crippen MR) is 77.3 cm³/mol. The van der Waals surface area contributed by atoms with Gasteiger partial charge in [0.2, 0.25) is 0 Å². The lowest BCUT2D eigenvalue weighted by Gasteiger charge is -2.01. The van der Waals surface area contributed by atoms with Crippen LogP contribution in [0.1, 0.15) is 17.1 Å². The Kier molecular flexibility index (Phi) is 3.23. The van der Waals surface area contributed by atoms with Crippen molar-refractivity contribution in [2.24, 2.45) is 5.73 Å². The van der Waals surface area contributed by atoms with Crippen molar-refractivity contribution in [2.45, 2.75) is 13.0 Å². The van der Waals surface area contributed by atoms with E-state index in [0.29, 0.717) is 6.54 Å². The molecule has 0 saturated carbocycles. The Bertz CT molecular complexity index is 701. The maximum absolute atomic E-state index is 5.90. The minimum absolute atomic E-state index is 0.453. The highest BCUT2D eigenvalue weighted by Crippen LogP contribution is 2.17. The van der Waals surface area contributed by atoms with Crippen LogP contribution in [-0.2, 0) is 13.0 Å². The van der Waals surface area contributed by atoms with Gasteiger partial charge in [-0.05, 0) is 29.8 Å². The van der Waals surface area contributed by atoms with Crippen molar-refractivity contribution >= 4 is 17.1 Å². The maximum Gasteiger partial charge on any atom is 0.118 e. The zero-order chi connectivity index (χ0) is 13.2. The molecule has 0 spiro atoms. The number of fused-ring (bicyclic) bond motifs is 1. The van der Waals surface area contributed by atoms with Gasteiger partial charge in [-0.25, -0.2) is 4.98 Å². The van der Waals surface area contributed by atoms with Crippen LogP contribution in [0, 0.1) is 0 Å². The van der Waals surface area contributed by atoms with Gasteiger partial charge < -0.3 is 10.1 Å². The van der Waals surface area contributed by atoms with Crippen LogP contribution in [0.2, 0.25) is 5.02 Å². The van der Waals surface area contributed by atoms with Crippen molar-refractivity contribution in [3.8, 4) is 0 Å². The Balaban J connectivity index is 2.03. The lowest BCUT2D eigenvalue weighted by atomic mass is 10.1. The summed E-state index contributed by atoms with van der Waals surface area (Å²) in [5.74, 6) is 0.998. The van der Waals surface area contributed by atoms with E-state index in [-0.39, 0.29) is 0 Å². The van der Waals surface area contributed by atoms with E-state index in [4.69, 9.17) is 17.3 Å². The van der Waals surface area contributed by atoms with Crippen molar-refractivity contribution in [2.75, 3.05) is 0 Å². The van der Waals surface area contributed by atoms with Crippen LogP contribution >= 0.6 is 11.6 Å². The lowest BCUT2D eigenvalue weighted by Crippen LogP contribution is -1.97. The number of halogens is 1. The topological polar surface area (TPSA) is 43.3 Å². The summed E-state index contributed by atoms with van der Waals surface area (Å²) in [6.45, 7) is 0.453. The lowest BCUT2D eigenvalue weighted by molar-refractivity contribution is 0.938. The van der Waals surface area contributed by atoms with Gasteiger partial charge in [-0.3, -0.25) is 0 Å². The molecule has 3 aromatic rings. The first-order chi connectivity index (χ1) is 9.28. The molecule has 0 saturated heterocycles. The average molecular weight is 272 g/mol. The molecule has 3 nitrogen and oxygen atoms in total. The SMILES string of the molecule is NCc1nc(Cc2ccc(Cl)cc2)n2ccccc12. The molecular formula is C15H14ClN3. The molecule has 0 aliphatic rings. The molecule has 0 bridgehead atoms. The second kappa shape index (κ2) is 5.03. The number of aromatic nitrogens is 2. The molecule has 2 N–H and O–H groups in total. The number of nitrogens with zero attached hydrogens (tertiary/aromatic N) is 2. The van der Waals surface area contributed by atoms with Crippen molar-refractivity contribution in [3.63, 3.8) is 0 Å². The summed E-state index contributed by atoms with van der Waals surface area (Å²) in [5, 5.41) is 0.749. The molecule has 96 valence electrons. The number of nitrogens with two attached hydrogens (primary N) is 1. The molecule has 0 radical (unpaired) electrons. The summed E-state index contributed by atoms with van der Waals surface area (Å²) in [5.41, 5.74) is 8.95. The smallest absolute Gasteiger partial charge is 0.118 e. The van der Waals surface area contributed by atoms with Gasteiger partial charge >= 0.3 is 0 Å². The van der Waals surface area contributed by atoms with Gasteiger partial charge in [0.25, 0.3) is 0 Å². The van der Waals surface area contributed by atoms with Gasteiger partial charge in [-0.2, -0.15) is 0 Å². The normalized spacial score (nSPS) is 11.1. The maximum atomic E-state index is 5.90.